The first-order chi connectivity index (χ1) is 7.78. The molecule has 3 heteroatoms. The molecule has 3 nitrogen and oxygen atoms in total. The first-order valence-electron chi connectivity index (χ1n) is 5.35. The summed E-state index contributed by atoms with van der Waals surface area (Å²) >= 11 is 0. The summed E-state index contributed by atoms with van der Waals surface area (Å²) in [6.45, 7) is 2.14. The number of rotatable bonds is 3. The third kappa shape index (κ3) is 2.51. The first-order valence-corrected chi connectivity index (χ1v) is 5.35. The second-order valence-corrected chi connectivity index (χ2v) is 3.64. The number of hydrogen-bond donors (Lipinski definition) is 2. The average molecular weight is 213 g/mol. The van der Waals surface area contributed by atoms with E-state index in [1.807, 2.05) is 12.1 Å². The number of aromatic nitrogens is 1. The molecule has 0 amide bonds. The van der Waals surface area contributed by atoms with Crippen LogP contribution in [0, 0.1) is 0 Å². The Morgan fingerprint density at radius 2 is 1.88 bits per heavy atom. The fourth-order valence-electron chi connectivity index (χ4n) is 1.52. The zero-order chi connectivity index (χ0) is 11.4. The Balaban J connectivity index is 2.14. The van der Waals surface area contributed by atoms with Gasteiger partial charge in [-0.3, -0.25) is 0 Å². The van der Waals surface area contributed by atoms with Crippen LogP contribution in [0.25, 0.3) is 0 Å². The lowest BCUT2D eigenvalue weighted by Crippen LogP contribution is -1.94. The van der Waals surface area contributed by atoms with Crippen molar-refractivity contribution < 1.29 is 0 Å². The van der Waals surface area contributed by atoms with Gasteiger partial charge in [-0.05, 0) is 30.2 Å². The maximum Gasteiger partial charge on any atom is 0.125 e. The molecule has 0 fully saturated rings. The summed E-state index contributed by atoms with van der Waals surface area (Å²) in [7, 11) is 0. The van der Waals surface area contributed by atoms with E-state index in [2.05, 4.69) is 41.5 Å². The molecule has 1 aromatic heterocycles. The molecule has 2 rings (SSSR count). The molecule has 0 unspecified atom stereocenters. The third-order valence-electron chi connectivity index (χ3n) is 2.43. The molecule has 0 spiro atoms. The van der Waals surface area contributed by atoms with Crippen molar-refractivity contribution in [2.45, 2.75) is 13.3 Å². The van der Waals surface area contributed by atoms with Gasteiger partial charge in [0, 0.05) is 23.6 Å². The Labute approximate surface area is 95.3 Å². The molecule has 1 heterocycles. The molecule has 2 aromatic rings. The average Bonchev–Trinajstić information content (AvgIpc) is 2.30. The van der Waals surface area contributed by atoms with Gasteiger partial charge in [0.1, 0.15) is 5.82 Å². The molecule has 0 saturated carbocycles. The van der Waals surface area contributed by atoms with Crippen LogP contribution in [0.3, 0.4) is 0 Å². The smallest absolute Gasteiger partial charge is 0.125 e. The molecular formula is C13H15N3. The van der Waals surface area contributed by atoms with Crippen molar-refractivity contribution in [3.63, 3.8) is 0 Å². The predicted molar refractivity (Wildman–Crippen MR) is 67.8 cm³/mol. The zero-order valence-electron chi connectivity index (χ0n) is 9.27. The molecule has 16 heavy (non-hydrogen) atoms. The SMILES string of the molecule is CCc1ccc(Nc2ccnc(N)c2)cc1. The Bertz CT molecular complexity index is 463. The van der Waals surface area contributed by atoms with E-state index in [1.54, 1.807) is 6.20 Å². The summed E-state index contributed by atoms with van der Waals surface area (Å²) in [4.78, 5) is 3.95. The monoisotopic (exact) mass is 213 g/mol. The van der Waals surface area contributed by atoms with Crippen LogP contribution >= 0.6 is 0 Å². The lowest BCUT2D eigenvalue weighted by Gasteiger charge is -2.07. The molecule has 0 aliphatic carbocycles. The van der Waals surface area contributed by atoms with Gasteiger partial charge in [-0.1, -0.05) is 19.1 Å². The first kappa shape index (κ1) is 10.5. The minimum absolute atomic E-state index is 0.523. The molecule has 1 aromatic carbocycles. The number of pyridine rings is 1. The van der Waals surface area contributed by atoms with E-state index >= 15 is 0 Å². The van der Waals surface area contributed by atoms with Gasteiger partial charge in [-0.2, -0.15) is 0 Å². The fraction of sp³-hybridized carbons (Fsp3) is 0.154. The standard InChI is InChI=1S/C13H15N3/c1-2-10-3-5-11(6-4-10)16-12-7-8-15-13(14)9-12/h3-9H,2H2,1H3,(H3,14,15,16). The topological polar surface area (TPSA) is 50.9 Å². The zero-order valence-corrected chi connectivity index (χ0v) is 9.27. The lowest BCUT2D eigenvalue weighted by atomic mass is 10.1. The highest BCUT2D eigenvalue weighted by atomic mass is 14.9. The quantitative estimate of drug-likeness (QED) is 0.824. The maximum absolute atomic E-state index is 5.61. The Morgan fingerprint density at radius 3 is 2.50 bits per heavy atom. The number of benzene rings is 1. The van der Waals surface area contributed by atoms with Crippen molar-refractivity contribution >= 4 is 17.2 Å². The number of nitrogens with one attached hydrogen (secondary N) is 1. The van der Waals surface area contributed by atoms with Gasteiger partial charge in [-0.15, -0.1) is 0 Å². The summed E-state index contributed by atoms with van der Waals surface area (Å²) in [6.07, 6.45) is 2.75. The molecule has 0 saturated heterocycles. The van der Waals surface area contributed by atoms with Crippen LogP contribution in [0.1, 0.15) is 12.5 Å². The molecule has 3 N–H and O–H groups in total. The van der Waals surface area contributed by atoms with E-state index in [0.29, 0.717) is 5.82 Å². The third-order valence-corrected chi connectivity index (χ3v) is 2.43. The van der Waals surface area contributed by atoms with E-state index in [9.17, 15) is 0 Å². The van der Waals surface area contributed by atoms with Crippen molar-refractivity contribution in [1.29, 1.82) is 0 Å². The fourth-order valence-corrected chi connectivity index (χ4v) is 1.52. The van der Waals surface area contributed by atoms with Crippen LogP contribution in [0.5, 0.6) is 0 Å². The summed E-state index contributed by atoms with van der Waals surface area (Å²) < 4.78 is 0. The predicted octanol–water partition coefficient (Wildman–Crippen LogP) is 2.97. The Morgan fingerprint density at radius 1 is 1.12 bits per heavy atom. The van der Waals surface area contributed by atoms with Crippen molar-refractivity contribution in [1.82, 2.24) is 4.98 Å². The highest BCUT2D eigenvalue weighted by Crippen LogP contribution is 2.17. The number of anilines is 3. The Kier molecular flexibility index (Phi) is 3.05. The second-order valence-electron chi connectivity index (χ2n) is 3.64. The molecule has 0 atom stereocenters. The lowest BCUT2D eigenvalue weighted by molar-refractivity contribution is 1.14. The van der Waals surface area contributed by atoms with E-state index < -0.39 is 0 Å². The summed E-state index contributed by atoms with van der Waals surface area (Å²) in [6, 6.07) is 12.1. The van der Waals surface area contributed by atoms with Crippen LogP contribution in [0.15, 0.2) is 42.6 Å². The molecular weight excluding hydrogens is 198 g/mol. The van der Waals surface area contributed by atoms with Crippen molar-refractivity contribution in [2.24, 2.45) is 0 Å². The molecule has 0 aliphatic heterocycles. The highest BCUT2D eigenvalue weighted by Gasteiger charge is 1.95. The summed E-state index contributed by atoms with van der Waals surface area (Å²) in [5, 5.41) is 3.28. The van der Waals surface area contributed by atoms with Gasteiger partial charge in [0.2, 0.25) is 0 Å². The minimum Gasteiger partial charge on any atom is -0.384 e. The number of nitrogens with zero attached hydrogens (tertiary/aromatic N) is 1. The summed E-state index contributed by atoms with van der Waals surface area (Å²) in [5.41, 5.74) is 8.95. The molecule has 0 aliphatic rings. The number of aryl methyl sites for hydroxylation is 1. The van der Waals surface area contributed by atoms with Gasteiger partial charge in [0.15, 0.2) is 0 Å². The Hall–Kier alpha value is -2.03. The van der Waals surface area contributed by atoms with Crippen LogP contribution in [-0.4, -0.2) is 4.98 Å². The highest BCUT2D eigenvalue weighted by molar-refractivity contribution is 5.61. The van der Waals surface area contributed by atoms with Crippen LogP contribution in [-0.2, 0) is 6.42 Å². The van der Waals surface area contributed by atoms with Crippen molar-refractivity contribution in [2.75, 3.05) is 11.1 Å². The van der Waals surface area contributed by atoms with Crippen molar-refractivity contribution in [3.8, 4) is 0 Å². The maximum atomic E-state index is 5.61. The van der Waals surface area contributed by atoms with Gasteiger partial charge < -0.3 is 11.1 Å². The van der Waals surface area contributed by atoms with E-state index in [1.165, 1.54) is 5.56 Å². The molecule has 0 bridgehead atoms. The van der Waals surface area contributed by atoms with Gasteiger partial charge >= 0.3 is 0 Å². The second kappa shape index (κ2) is 4.66. The number of nitrogens with two attached hydrogens (primary N) is 1. The van der Waals surface area contributed by atoms with E-state index in [-0.39, 0.29) is 0 Å². The summed E-state index contributed by atoms with van der Waals surface area (Å²) in [5.74, 6) is 0.523. The van der Waals surface area contributed by atoms with E-state index in [4.69, 9.17) is 5.73 Å². The van der Waals surface area contributed by atoms with Crippen molar-refractivity contribution in [3.05, 3.63) is 48.2 Å². The number of nitrogen functional groups attached to an aromatic ring is 1. The van der Waals surface area contributed by atoms with Gasteiger partial charge in [0.25, 0.3) is 0 Å². The normalized spacial score (nSPS) is 10.1. The number of hydrogen-bond acceptors (Lipinski definition) is 3. The van der Waals surface area contributed by atoms with Gasteiger partial charge in [0.05, 0.1) is 0 Å². The van der Waals surface area contributed by atoms with Gasteiger partial charge in [-0.25, -0.2) is 4.98 Å². The molecule has 82 valence electrons. The molecule has 0 radical (unpaired) electrons. The van der Waals surface area contributed by atoms with Crippen LogP contribution < -0.4 is 11.1 Å². The van der Waals surface area contributed by atoms with Crippen LogP contribution in [0.2, 0.25) is 0 Å². The largest absolute Gasteiger partial charge is 0.384 e. The van der Waals surface area contributed by atoms with Crippen LogP contribution in [0.4, 0.5) is 17.2 Å². The minimum atomic E-state index is 0.523. The van der Waals surface area contributed by atoms with E-state index in [0.717, 1.165) is 17.8 Å².